The van der Waals surface area contributed by atoms with Crippen LogP contribution < -0.4 is 10.1 Å². The molecule has 1 amide bonds. The molecule has 0 aliphatic rings. The molecule has 0 saturated heterocycles. The molecule has 6 nitrogen and oxygen atoms in total. The third-order valence-corrected chi connectivity index (χ3v) is 3.16. The van der Waals surface area contributed by atoms with Gasteiger partial charge in [0.1, 0.15) is 5.75 Å². The van der Waals surface area contributed by atoms with Gasteiger partial charge in [0.15, 0.2) is 12.4 Å². The van der Waals surface area contributed by atoms with Gasteiger partial charge in [0, 0.05) is 18.2 Å². The van der Waals surface area contributed by atoms with Gasteiger partial charge in [-0.1, -0.05) is 18.2 Å². The number of amides is 1. The number of carbonyl (C=O) groups excluding carboxylic acids is 2. The second kappa shape index (κ2) is 8.44. The highest BCUT2D eigenvalue weighted by Gasteiger charge is 2.04. The third-order valence-electron chi connectivity index (χ3n) is 3.16. The van der Waals surface area contributed by atoms with Crippen LogP contribution in [0.2, 0.25) is 0 Å². The number of anilines is 1. The number of hydrogen-bond acceptors (Lipinski definition) is 4. The van der Waals surface area contributed by atoms with Gasteiger partial charge in [0.25, 0.3) is 0 Å². The van der Waals surface area contributed by atoms with Crippen molar-refractivity contribution in [2.75, 3.05) is 11.9 Å². The second-order valence-electron chi connectivity index (χ2n) is 5.21. The predicted molar refractivity (Wildman–Crippen MR) is 93.7 cm³/mol. The fourth-order valence-corrected chi connectivity index (χ4v) is 2.01. The molecule has 0 radical (unpaired) electrons. The van der Waals surface area contributed by atoms with E-state index < -0.39 is 12.6 Å². The molecular formula is C19H17NO5. The number of rotatable bonds is 7. The summed E-state index contributed by atoms with van der Waals surface area (Å²) >= 11 is 0. The topological polar surface area (TPSA) is 92.7 Å². The van der Waals surface area contributed by atoms with Crippen LogP contribution in [0.5, 0.6) is 5.75 Å². The maximum atomic E-state index is 12.1. The van der Waals surface area contributed by atoms with E-state index in [0.717, 1.165) is 5.56 Å². The average Bonchev–Trinajstić information content (AvgIpc) is 2.59. The maximum Gasteiger partial charge on any atom is 0.341 e. The van der Waals surface area contributed by atoms with E-state index in [0.29, 0.717) is 17.0 Å². The van der Waals surface area contributed by atoms with Gasteiger partial charge in [-0.25, -0.2) is 4.79 Å². The molecule has 6 heteroatoms. The molecule has 0 saturated carbocycles. The Morgan fingerprint density at radius 1 is 1.04 bits per heavy atom. The molecule has 0 aliphatic heterocycles. The standard InChI is InChI=1S/C19H17NO5/c1-13(21)20-16-7-2-14(3-8-16)4-11-18(22)15-5-9-17(10-6-15)25-12-19(23)24/h2-11H,12H2,1H3,(H,20,21)(H,23,24)/b11-4-. The molecule has 0 bridgehead atoms. The summed E-state index contributed by atoms with van der Waals surface area (Å²) in [4.78, 5) is 33.5. The van der Waals surface area contributed by atoms with Gasteiger partial charge in [0.2, 0.25) is 5.91 Å². The predicted octanol–water partition coefficient (Wildman–Crippen LogP) is 3.00. The minimum absolute atomic E-state index is 0.144. The van der Waals surface area contributed by atoms with Gasteiger partial charge >= 0.3 is 5.97 Å². The van der Waals surface area contributed by atoms with Gasteiger partial charge in [-0.15, -0.1) is 0 Å². The zero-order valence-electron chi connectivity index (χ0n) is 13.6. The molecule has 128 valence electrons. The lowest BCUT2D eigenvalue weighted by Gasteiger charge is -2.03. The van der Waals surface area contributed by atoms with Crippen molar-refractivity contribution in [1.82, 2.24) is 0 Å². The SMILES string of the molecule is CC(=O)Nc1ccc(/C=C\C(=O)c2ccc(OCC(=O)O)cc2)cc1. The van der Waals surface area contributed by atoms with Crippen molar-refractivity contribution in [1.29, 1.82) is 0 Å². The largest absolute Gasteiger partial charge is 0.482 e. The lowest BCUT2D eigenvalue weighted by atomic mass is 10.1. The molecule has 0 atom stereocenters. The number of ketones is 1. The first-order chi connectivity index (χ1) is 11.9. The van der Waals surface area contributed by atoms with Crippen LogP contribution in [0.3, 0.4) is 0 Å². The quantitative estimate of drug-likeness (QED) is 0.597. The molecule has 0 aliphatic carbocycles. The summed E-state index contributed by atoms with van der Waals surface area (Å²) < 4.78 is 5.01. The molecule has 0 spiro atoms. The summed E-state index contributed by atoms with van der Waals surface area (Å²) in [5, 5.41) is 11.2. The summed E-state index contributed by atoms with van der Waals surface area (Å²) in [6.07, 6.45) is 3.12. The van der Waals surface area contributed by atoms with Crippen molar-refractivity contribution < 1.29 is 24.2 Å². The number of aliphatic carboxylic acids is 1. The number of hydrogen-bond donors (Lipinski definition) is 2. The molecule has 2 aromatic rings. The van der Waals surface area contributed by atoms with Gasteiger partial charge in [-0.05, 0) is 48.0 Å². The first-order valence-corrected chi connectivity index (χ1v) is 7.49. The van der Waals surface area contributed by atoms with Crippen LogP contribution >= 0.6 is 0 Å². The fourth-order valence-electron chi connectivity index (χ4n) is 2.01. The summed E-state index contributed by atoms with van der Waals surface area (Å²) in [5.41, 5.74) is 1.98. The smallest absolute Gasteiger partial charge is 0.341 e. The van der Waals surface area contributed by atoms with Crippen LogP contribution in [-0.4, -0.2) is 29.4 Å². The Balaban J connectivity index is 1.97. The van der Waals surface area contributed by atoms with E-state index >= 15 is 0 Å². The molecule has 0 fully saturated rings. The Morgan fingerprint density at radius 2 is 1.68 bits per heavy atom. The van der Waals surface area contributed by atoms with E-state index in [1.807, 2.05) is 0 Å². The van der Waals surface area contributed by atoms with Crippen molar-refractivity contribution in [3.8, 4) is 5.75 Å². The highest BCUT2D eigenvalue weighted by atomic mass is 16.5. The van der Waals surface area contributed by atoms with Gasteiger partial charge in [-0.3, -0.25) is 9.59 Å². The number of benzene rings is 2. The van der Waals surface area contributed by atoms with Crippen molar-refractivity contribution >= 4 is 29.4 Å². The zero-order chi connectivity index (χ0) is 18.2. The highest BCUT2D eigenvalue weighted by Crippen LogP contribution is 2.14. The van der Waals surface area contributed by atoms with Crippen molar-refractivity contribution in [2.45, 2.75) is 6.92 Å². The second-order valence-corrected chi connectivity index (χ2v) is 5.21. The Kier molecular flexibility index (Phi) is 6.06. The minimum atomic E-state index is -1.06. The van der Waals surface area contributed by atoms with Crippen LogP contribution in [0.4, 0.5) is 5.69 Å². The van der Waals surface area contributed by atoms with E-state index in [9.17, 15) is 14.4 Å². The summed E-state index contributed by atoms with van der Waals surface area (Å²) in [7, 11) is 0. The first kappa shape index (κ1) is 17.9. The monoisotopic (exact) mass is 339 g/mol. The van der Waals surface area contributed by atoms with E-state index in [4.69, 9.17) is 9.84 Å². The minimum Gasteiger partial charge on any atom is -0.482 e. The van der Waals surface area contributed by atoms with Crippen molar-refractivity contribution in [3.63, 3.8) is 0 Å². The lowest BCUT2D eigenvalue weighted by molar-refractivity contribution is -0.139. The van der Waals surface area contributed by atoms with E-state index in [2.05, 4.69) is 5.32 Å². The molecule has 0 unspecified atom stereocenters. The van der Waals surface area contributed by atoms with Crippen molar-refractivity contribution in [2.24, 2.45) is 0 Å². The molecule has 0 aromatic heterocycles. The molecule has 2 aromatic carbocycles. The number of nitrogens with one attached hydrogen (secondary N) is 1. The fraction of sp³-hybridized carbons (Fsp3) is 0.105. The van der Waals surface area contributed by atoms with E-state index in [1.165, 1.54) is 13.0 Å². The lowest BCUT2D eigenvalue weighted by Crippen LogP contribution is -2.09. The Labute approximate surface area is 144 Å². The summed E-state index contributed by atoms with van der Waals surface area (Å²) in [6.45, 7) is 1.01. The van der Waals surface area contributed by atoms with Crippen LogP contribution in [0, 0.1) is 0 Å². The third kappa shape index (κ3) is 5.95. The molecule has 2 N–H and O–H groups in total. The maximum absolute atomic E-state index is 12.1. The average molecular weight is 339 g/mol. The van der Waals surface area contributed by atoms with Gasteiger partial charge < -0.3 is 15.2 Å². The van der Waals surface area contributed by atoms with E-state index in [-0.39, 0.29) is 11.7 Å². The number of carboxylic acids is 1. The molecule has 25 heavy (non-hydrogen) atoms. The van der Waals surface area contributed by atoms with Crippen LogP contribution in [0.15, 0.2) is 54.6 Å². The molecule has 0 heterocycles. The molecular weight excluding hydrogens is 322 g/mol. The van der Waals surface area contributed by atoms with Crippen LogP contribution in [0.25, 0.3) is 6.08 Å². The summed E-state index contributed by atoms with van der Waals surface area (Å²) in [6, 6.07) is 13.3. The van der Waals surface area contributed by atoms with Gasteiger partial charge in [-0.2, -0.15) is 0 Å². The Morgan fingerprint density at radius 3 is 2.24 bits per heavy atom. The Bertz CT molecular complexity index is 792. The number of ether oxygens (including phenoxy) is 1. The van der Waals surface area contributed by atoms with Crippen LogP contribution in [-0.2, 0) is 9.59 Å². The molecule has 2 rings (SSSR count). The van der Waals surface area contributed by atoms with Gasteiger partial charge in [0.05, 0.1) is 0 Å². The normalized spacial score (nSPS) is 10.4. The van der Waals surface area contributed by atoms with Crippen molar-refractivity contribution in [3.05, 3.63) is 65.7 Å². The number of allylic oxidation sites excluding steroid dienone is 1. The summed E-state index contributed by atoms with van der Waals surface area (Å²) in [5.74, 6) is -1.01. The van der Waals surface area contributed by atoms with E-state index in [1.54, 1.807) is 54.6 Å². The zero-order valence-corrected chi connectivity index (χ0v) is 13.6. The number of carboxylic acid groups (broad SMARTS) is 1. The highest BCUT2D eigenvalue weighted by molar-refractivity contribution is 6.06. The van der Waals surface area contributed by atoms with Crippen LogP contribution in [0.1, 0.15) is 22.8 Å². The number of carbonyl (C=O) groups is 3. The Hall–Kier alpha value is -3.41. The first-order valence-electron chi connectivity index (χ1n) is 7.49.